The van der Waals surface area contributed by atoms with Gasteiger partial charge in [-0.3, -0.25) is 14.4 Å². The summed E-state index contributed by atoms with van der Waals surface area (Å²) in [6.45, 7) is 6.87. The van der Waals surface area contributed by atoms with E-state index >= 15 is 0 Å². The first-order valence-corrected chi connectivity index (χ1v) is 9.61. The van der Waals surface area contributed by atoms with Gasteiger partial charge < -0.3 is 25.3 Å². The van der Waals surface area contributed by atoms with Crippen LogP contribution in [-0.2, 0) is 14.4 Å². The standard InChI is InChI=1S/C15H20N2O.C6H8O7/c1-3-17(4-2)11-10-14(12-16)15(18)13-8-6-5-7-9-13;7-3(8)1-6(13,5(11)12)2-4(9)10/h5-9,14H,3-4,10-11H2,1-2H3;13H,1-2H2,(H,7,8)(H,9,10)(H,11,12). The normalized spacial score (nSPS) is 11.6. The average Bonchev–Trinajstić information content (AvgIpc) is 2.71. The third-order valence-electron chi connectivity index (χ3n) is 4.44. The molecule has 0 fully saturated rings. The zero-order valence-electron chi connectivity index (χ0n) is 17.5. The van der Waals surface area contributed by atoms with Gasteiger partial charge in [0.1, 0.15) is 5.92 Å². The molecule has 0 saturated carbocycles. The molecule has 0 spiro atoms. The molecule has 1 unspecified atom stereocenters. The zero-order valence-corrected chi connectivity index (χ0v) is 17.5. The number of hydrogen-bond acceptors (Lipinski definition) is 7. The van der Waals surface area contributed by atoms with Crippen LogP contribution >= 0.6 is 0 Å². The second-order valence-electron chi connectivity index (χ2n) is 6.71. The van der Waals surface area contributed by atoms with Crippen LogP contribution in [0.4, 0.5) is 0 Å². The van der Waals surface area contributed by atoms with Crippen LogP contribution in [0.2, 0.25) is 0 Å². The van der Waals surface area contributed by atoms with Crippen molar-refractivity contribution in [3.05, 3.63) is 35.9 Å². The van der Waals surface area contributed by atoms with Crippen molar-refractivity contribution in [2.45, 2.75) is 38.7 Å². The molecule has 170 valence electrons. The largest absolute Gasteiger partial charge is 0.481 e. The number of nitriles is 1. The lowest BCUT2D eigenvalue weighted by Gasteiger charge is -2.19. The monoisotopic (exact) mass is 436 g/mol. The van der Waals surface area contributed by atoms with Gasteiger partial charge in [-0.1, -0.05) is 44.2 Å². The lowest BCUT2D eigenvalue weighted by atomic mass is 9.96. The molecule has 0 heterocycles. The third kappa shape index (κ3) is 10.3. The fraction of sp³-hybridized carbons (Fsp3) is 0.476. The number of ketones is 1. The van der Waals surface area contributed by atoms with Crippen molar-refractivity contribution >= 4 is 23.7 Å². The predicted molar refractivity (Wildman–Crippen MR) is 109 cm³/mol. The van der Waals surface area contributed by atoms with Gasteiger partial charge in [0.25, 0.3) is 0 Å². The Morgan fingerprint density at radius 2 is 1.48 bits per heavy atom. The van der Waals surface area contributed by atoms with E-state index in [2.05, 4.69) is 24.8 Å². The molecule has 10 nitrogen and oxygen atoms in total. The van der Waals surface area contributed by atoms with Crippen molar-refractivity contribution in [2.75, 3.05) is 19.6 Å². The molecule has 1 aromatic carbocycles. The number of nitrogens with zero attached hydrogens (tertiary/aromatic N) is 2. The fourth-order valence-electron chi connectivity index (χ4n) is 2.62. The van der Waals surface area contributed by atoms with E-state index in [1.54, 1.807) is 12.1 Å². The first-order valence-electron chi connectivity index (χ1n) is 9.61. The minimum atomic E-state index is -2.74. The molecule has 0 bridgehead atoms. The molecule has 0 aliphatic rings. The summed E-state index contributed by atoms with van der Waals surface area (Å²) in [5, 5.41) is 42.9. The highest BCUT2D eigenvalue weighted by molar-refractivity contribution is 5.99. The fourth-order valence-corrected chi connectivity index (χ4v) is 2.62. The van der Waals surface area contributed by atoms with Crippen LogP contribution in [0.5, 0.6) is 0 Å². The number of rotatable bonds is 12. The van der Waals surface area contributed by atoms with Gasteiger partial charge in [0.15, 0.2) is 11.4 Å². The quantitative estimate of drug-likeness (QED) is 0.351. The Morgan fingerprint density at radius 1 is 1.00 bits per heavy atom. The highest BCUT2D eigenvalue weighted by Crippen LogP contribution is 2.16. The number of carbonyl (C=O) groups is 4. The van der Waals surface area contributed by atoms with Crippen molar-refractivity contribution in [1.29, 1.82) is 5.26 Å². The van der Waals surface area contributed by atoms with Gasteiger partial charge in [0, 0.05) is 5.56 Å². The summed E-state index contributed by atoms with van der Waals surface area (Å²) in [5.74, 6) is -5.62. The molecule has 1 atom stereocenters. The summed E-state index contributed by atoms with van der Waals surface area (Å²) < 4.78 is 0. The third-order valence-corrected chi connectivity index (χ3v) is 4.44. The van der Waals surface area contributed by atoms with E-state index in [0.29, 0.717) is 12.0 Å². The van der Waals surface area contributed by atoms with Crippen molar-refractivity contribution in [3.63, 3.8) is 0 Å². The lowest BCUT2D eigenvalue weighted by Crippen LogP contribution is -2.42. The maximum absolute atomic E-state index is 12.1. The van der Waals surface area contributed by atoms with Crippen LogP contribution in [0, 0.1) is 17.2 Å². The maximum atomic E-state index is 12.1. The summed E-state index contributed by atoms with van der Waals surface area (Å²) in [5.41, 5.74) is -2.11. The van der Waals surface area contributed by atoms with E-state index in [4.69, 9.17) is 25.7 Å². The number of carboxylic acid groups (broad SMARTS) is 3. The molecule has 4 N–H and O–H groups in total. The first kappa shape index (κ1) is 27.7. The van der Waals surface area contributed by atoms with E-state index < -0.39 is 42.3 Å². The molecule has 1 rings (SSSR count). The molecule has 0 aliphatic heterocycles. The molecule has 0 aromatic heterocycles. The SMILES string of the molecule is CCN(CC)CCC(C#N)C(=O)c1ccccc1.O=C(O)CC(O)(CC(=O)O)C(=O)O. The van der Waals surface area contributed by atoms with Crippen LogP contribution in [0.15, 0.2) is 30.3 Å². The second-order valence-corrected chi connectivity index (χ2v) is 6.71. The molecular formula is C21H28N2O8. The molecule has 0 amide bonds. The second kappa shape index (κ2) is 13.8. The minimum Gasteiger partial charge on any atom is -0.481 e. The van der Waals surface area contributed by atoms with Crippen molar-refractivity contribution in [2.24, 2.45) is 5.92 Å². The van der Waals surface area contributed by atoms with Crippen molar-refractivity contribution in [1.82, 2.24) is 4.90 Å². The Hall–Kier alpha value is -3.29. The Labute approximate surface area is 180 Å². The number of aliphatic carboxylic acids is 3. The van der Waals surface area contributed by atoms with E-state index in [0.717, 1.165) is 19.6 Å². The Morgan fingerprint density at radius 3 is 1.84 bits per heavy atom. The van der Waals surface area contributed by atoms with Crippen molar-refractivity contribution in [3.8, 4) is 6.07 Å². The molecular weight excluding hydrogens is 408 g/mol. The van der Waals surface area contributed by atoms with Crippen LogP contribution in [0.1, 0.15) is 43.5 Å². The number of carbonyl (C=O) groups excluding carboxylic acids is 1. The predicted octanol–water partition coefficient (Wildman–Crippen LogP) is 1.49. The summed E-state index contributed by atoms with van der Waals surface area (Å²) in [6, 6.07) is 11.2. The highest BCUT2D eigenvalue weighted by atomic mass is 16.4. The maximum Gasteiger partial charge on any atom is 0.336 e. The van der Waals surface area contributed by atoms with Gasteiger partial charge in [-0.2, -0.15) is 5.26 Å². The summed E-state index contributed by atoms with van der Waals surface area (Å²) in [4.78, 5) is 44.8. The van der Waals surface area contributed by atoms with Gasteiger partial charge >= 0.3 is 17.9 Å². The van der Waals surface area contributed by atoms with E-state index in [1.807, 2.05) is 18.2 Å². The number of benzene rings is 1. The van der Waals surface area contributed by atoms with Crippen LogP contribution in [-0.4, -0.2) is 74.3 Å². The highest BCUT2D eigenvalue weighted by Gasteiger charge is 2.40. The van der Waals surface area contributed by atoms with Gasteiger partial charge in [-0.25, -0.2) is 4.79 Å². The molecule has 0 radical (unpaired) electrons. The molecule has 0 aliphatic carbocycles. The van der Waals surface area contributed by atoms with Gasteiger partial charge in [0.2, 0.25) is 0 Å². The van der Waals surface area contributed by atoms with Crippen LogP contribution in [0.3, 0.4) is 0 Å². The van der Waals surface area contributed by atoms with Gasteiger partial charge in [0.05, 0.1) is 18.9 Å². The molecule has 10 heteroatoms. The number of hydrogen-bond donors (Lipinski definition) is 4. The summed E-state index contributed by atoms with van der Waals surface area (Å²) >= 11 is 0. The van der Waals surface area contributed by atoms with E-state index in [1.165, 1.54) is 0 Å². The van der Waals surface area contributed by atoms with E-state index in [-0.39, 0.29) is 5.78 Å². The Kier molecular flexibility index (Phi) is 12.4. The van der Waals surface area contributed by atoms with Crippen LogP contribution < -0.4 is 0 Å². The first-order chi connectivity index (χ1) is 14.5. The number of carboxylic acids is 3. The number of aliphatic hydroxyl groups is 1. The van der Waals surface area contributed by atoms with Gasteiger partial charge in [-0.05, 0) is 26.1 Å². The Balaban J connectivity index is 0.000000615. The summed E-state index contributed by atoms with van der Waals surface area (Å²) in [6.07, 6.45) is -1.69. The zero-order chi connectivity index (χ0) is 24.0. The van der Waals surface area contributed by atoms with Gasteiger partial charge in [-0.15, -0.1) is 0 Å². The van der Waals surface area contributed by atoms with E-state index in [9.17, 15) is 19.2 Å². The summed E-state index contributed by atoms with van der Waals surface area (Å²) in [7, 11) is 0. The minimum absolute atomic E-state index is 0.0646. The Bertz CT molecular complexity index is 768. The average molecular weight is 436 g/mol. The molecule has 0 saturated heterocycles. The van der Waals surface area contributed by atoms with Crippen molar-refractivity contribution < 1.29 is 39.6 Å². The van der Waals surface area contributed by atoms with Crippen LogP contribution in [0.25, 0.3) is 0 Å². The molecule has 31 heavy (non-hydrogen) atoms. The smallest absolute Gasteiger partial charge is 0.336 e. The lowest BCUT2D eigenvalue weighted by molar-refractivity contribution is -0.170. The topological polar surface area (TPSA) is 176 Å². The number of Topliss-reactive ketones (excluding diaryl/α,β-unsaturated/α-hetero) is 1. The molecule has 1 aromatic rings.